The molecule has 0 saturated heterocycles. The summed E-state index contributed by atoms with van der Waals surface area (Å²) in [5.41, 5.74) is 0.726. The molecule has 1 N–H and O–H groups in total. The standard InChI is InChI=1S/C12H11NO3S/c1-2-17-10-7-8-5-3-4-6-9(8)13-11(10)16-12(14)15/h3-7H,2H2,1H3,(H,14,15). The van der Waals surface area contributed by atoms with Gasteiger partial charge in [-0.05, 0) is 17.9 Å². The Morgan fingerprint density at radius 2 is 2.24 bits per heavy atom. The third-order valence-corrected chi connectivity index (χ3v) is 3.03. The van der Waals surface area contributed by atoms with Gasteiger partial charge in [-0.3, -0.25) is 0 Å². The summed E-state index contributed by atoms with van der Waals surface area (Å²) >= 11 is 1.51. The third-order valence-electron chi connectivity index (χ3n) is 2.14. The van der Waals surface area contributed by atoms with Crippen molar-refractivity contribution in [1.82, 2.24) is 4.98 Å². The molecule has 17 heavy (non-hydrogen) atoms. The predicted molar refractivity (Wildman–Crippen MR) is 66.8 cm³/mol. The van der Waals surface area contributed by atoms with Crippen LogP contribution < -0.4 is 4.74 Å². The van der Waals surface area contributed by atoms with Crippen molar-refractivity contribution in [1.29, 1.82) is 0 Å². The number of thioether (sulfide) groups is 1. The van der Waals surface area contributed by atoms with Crippen molar-refractivity contribution in [2.75, 3.05) is 5.75 Å². The number of benzene rings is 1. The van der Waals surface area contributed by atoms with E-state index in [1.54, 1.807) is 0 Å². The van der Waals surface area contributed by atoms with Gasteiger partial charge in [0.05, 0.1) is 10.4 Å². The second-order valence-electron chi connectivity index (χ2n) is 3.29. The third kappa shape index (κ3) is 2.68. The molecule has 2 aromatic rings. The molecule has 4 nitrogen and oxygen atoms in total. The van der Waals surface area contributed by atoms with Crippen molar-refractivity contribution in [3.63, 3.8) is 0 Å². The average Bonchev–Trinajstić information content (AvgIpc) is 2.29. The Morgan fingerprint density at radius 1 is 1.47 bits per heavy atom. The Bertz CT molecular complexity index is 556. The van der Waals surface area contributed by atoms with Crippen molar-refractivity contribution in [3.05, 3.63) is 30.3 Å². The van der Waals surface area contributed by atoms with Gasteiger partial charge in [-0.1, -0.05) is 25.1 Å². The van der Waals surface area contributed by atoms with Crippen LogP contribution in [0.4, 0.5) is 4.79 Å². The highest BCUT2D eigenvalue weighted by Gasteiger charge is 2.11. The molecule has 0 atom stereocenters. The van der Waals surface area contributed by atoms with Crippen LogP contribution in [0.25, 0.3) is 10.9 Å². The van der Waals surface area contributed by atoms with Crippen molar-refractivity contribution in [3.8, 4) is 5.88 Å². The zero-order valence-corrected chi connectivity index (χ0v) is 10.0. The number of hydrogen-bond donors (Lipinski definition) is 1. The highest BCUT2D eigenvalue weighted by atomic mass is 32.2. The smallest absolute Gasteiger partial charge is 0.449 e. The van der Waals surface area contributed by atoms with E-state index in [-0.39, 0.29) is 5.88 Å². The van der Waals surface area contributed by atoms with Crippen LogP contribution >= 0.6 is 11.8 Å². The summed E-state index contributed by atoms with van der Waals surface area (Å²) < 4.78 is 4.69. The lowest BCUT2D eigenvalue weighted by Gasteiger charge is -2.07. The average molecular weight is 249 g/mol. The summed E-state index contributed by atoms with van der Waals surface area (Å²) in [7, 11) is 0. The molecule has 88 valence electrons. The minimum absolute atomic E-state index is 0.156. The molecular weight excluding hydrogens is 238 g/mol. The molecule has 0 aliphatic carbocycles. The van der Waals surface area contributed by atoms with Crippen LogP contribution in [0.3, 0.4) is 0 Å². The number of aromatic nitrogens is 1. The van der Waals surface area contributed by atoms with E-state index >= 15 is 0 Å². The number of pyridine rings is 1. The number of para-hydroxylation sites is 1. The Labute approximate surface area is 103 Å². The maximum atomic E-state index is 10.6. The number of nitrogens with zero attached hydrogens (tertiary/aromatic N) is 1. The molecule has 0 amide bonds. The largest absolute Gasteiger partial charge is 0.512 e. The monoisotopic (exact) mass is 249 g/mol. The predicted octanol–water partition coefficient (Wildman–Crippen LogP) is 3.40. The Kier molecular flexibility index (Phi) is 3.49. The summed E-state index contributed by atoms with van der Waals surface area (Å²) in [6, 6.07) is 9.43. The minimum atomic E-state index is -1.34. The highest BCUT2D eigenvalue weighted by molar-refractivity contribution is 7.99. The lowest BCUT2D eigenvalue weighted by molar-refractivity contribution is 0.141. The van der Waals surface area contributed by atoms with Crippen molar-refractivity contribution >= 4 is 28.8 Å². The van der Waals surface area contributed by atoms with Gasteiger partial charge in [0, 0.05) is 5.39 Å². The fourth-order valence-electron chi connectivity index (χ4n) is 1.49. The Hall–Kier alpha value is -1.75. The normalized spacial score (nSPS) is 10.4. The first-order valence-corrected chi connectivity index (χ1v) is 6.12. The van der Waals surface area contributed by atoms with Gasteiger partial charge >= 0.3 is 6.16 Å². The van der Waals surface area contributed by atoms with Gasteiger partial charge in [0.25, 0.3) is 0 Å². The molecule has 0 spiro atoms. The molecule has 1 heterocycles. The van der Waals surface area contributed by atoms with Gasteiger partial charge in [-0.15, -0.1) is 11.8 Å². The Balaban J connectivity index is 2.53. The van der Waals surface area contributed by atoms with E-state index in [1.165, 1.54) is 11.8 Å². The zero-order chi connectivity index (χ0) is 12.3. The molecule has 1 aromatic carbocycles. The second-order valence-corrected chi connectivity index (χ2v) is 4.59. The molecular formula is C12H11NO3S. The lowest BCUT2D eigenvalue weighted by atomic mass is 10.2. The number of ether oxygens (including phenoxy) is 1. The summed E-state index contributed by atoms with van der Waals surface area (Å²) in [4.78, 5) is 15.5. The maximum Gasteiger partial charge on any atom is 0.512 e. The van der Waals surface area contributed by atoms with E-state index in [1.807, 2.05) is 37.3 Å². The molecule has 0 saturated carbocycles. The summed E-state index contributed by atoms with van der Waals surface area (Å²) in [5, 5.41) is 9.63. The van der Waals surface area contributed by atoms with Crippen LogP contribution in [0.2, 0.25) is 0 Å². The molecule has 0 fully saturated rings. The van der Waals surface area contributed by atoms with Crippen molar-refractivity contribution < 1.29 is 14.6 Å². The minimum Gasteiger partial charge on any atom is -0.449 e. The maximum absolute atomic E-state index is 10.6. The van der Waals surface area contributed by atoms with Crippen LogP contribution in [0.5, 0.6) is 5.88 Å². The molecule has 5 heteroatoms. The van der Waals surface area contributed by atoms with E-state index in [0.717, 1.165) is 21.6 Å². The molecule has 0 aliphatic heterocycles. The van der Waals surface area contributed by atoms with Gasteiger partial charge in [-0.25, -0.2) is 9.78 Å². The SMILES string of the molecule is CCSc1cc2ccccc2nc1OC(=O)O. The van der Waals surface area contributed by atoms with Gasteiger partial charge in [-0.2, -0.15) is 0 Å². The fraction of sp³-hybridized carbons (Fsp3) is 0.167. The molecule has 1 aromatic heterocycles. The van der Waals surface area contributed by atoms with Crippen LogP contribution in [0.1, 0.15) is 6.92 Å². The fourth-order valence-corrected chi connectivity index (χ4v) is 2.23. The lowest BCUT2D eigenvalue weighted by Crippen LogP contribution is -2.05. The summed E-state index contributed by atoms with van der Waals surface area (Å²) in [6.45, 7) is 1.99. The van der Waals surface area contributed by atoms with Crippen molar-refractivity contribution in [2.24, 2.45) is 0 Å². The van der Waals surface area contributed by atoms with Crippen LogP contribution in [-0.4, -0.2) is 22.0 Å². The number of rotatable bonds is 3. The zero-order valence-electron chi connectivity index (χ0n) is 9.21. The van der Waals surface area contributed by atoms with Gasteiger partial charge in [0.15, 0.2) is 0 Å². The topological polar surface area (TPSA) is 59.4 Å². The molecule has 0 unspecified atom stereocenters. The van der Waals surface area contributed by atoms with Gasteiger partial charge < -0.3 is 9.84 Å². The van der Waals surface area contributed by atoms with E-state index < -0.39 is 6.16 Å². The first-order chi connectivity index (χ1) is 8.20. The molecule has 0 radical (unpaired) electrons. The molecule has 0 aliphatic rings. The van der Waals surface area contributed by atoms with E-state index in [9.17, 15) is 4.79 Å². The number of hydrogen-bond acceptors (Lipinski definition) is 4. The first kappa shape index (κ1) is 11.7. The van der Waals surface area contributed by atoms with Crippen LogP contribution in [0, 0.1) is 0 Å². The van der Waals surface area contributed by atoms with E-state index in [4.69, 9.17) is 9.84 Å². The van der Waals surface area contributed by atoms with Crippen molar-refractivity contribution in [2.45, 2.75) is 11.8 Å². The number of carbonyl (C=O) groups is 1. The second kappa shape index (κ2) is 5.05. The van der Waals surface area contributed by atoms with E-state index in [2.05, 4.69) is 4.98 Å². The quantitative estimate of drug-likeness (QED) is 0.667. The van der Waals surface area contributed by atoms with Gasteiger partial charge in [0.1, 0.15) is 0 Å². The first-order valence-electron chi connectivity index (χ1n) is 5.14. The van der Waals surface area contributed by atoms with Crippen LogP contribution in [0.15, 0.2) is 35.2 Å². The molecule has 0 bridgehead atoms. The van der Waals surface area contributed by atoms with E-state index in [0.29, 0.717) is 0 Å². The van der Waals surface area contributed by atoms with Gasteiger partial charge in [0.2, 0.25) is 5.88 Å². The molecule has 2 rings (SSSR count). The number of carboxylic acid groups (broad SMARTS) is 1. The Morgan fingerprint density at radius 3 is 2.94 bits per heavy atom. The highest BCUT2D eigenvalue weighted by Crippen LogP contribution is 2.30. The summed E-state index contributed by atoms with van der Waals surface area (Å²) in [6.07, 6.45) is -1.34. The summed E-state index contributed by atoms with van der Waals surface area (Å²) in [5.74, 6) is 0.985. The number of fused-ring (bicyclic) bond motifs is 1. The van der Waals surface area contributed by atoms with Crippen LogP contribution in [-0.2, 0) is 0 Å².